The molecule has 152 valence electrons. The Morgan fingerprint density at radius 2 is 1.46 bits per heavy atom. The van der Waals surface area contributed by atoms with E-state index in [1.807, 2.05) is 6.92 Å². The lowest BCUT2D eigenvalue weighted by Gasteiger charge is -2.17. The molecule has 0 bridgehead atoms. The lowest BCUT2D eigenvalue weighted by molar-refractivity contribution is 0.0487. The zero-order valence-electron chi connectivity index (χ0n) is 16.9. The van der Waals surface area contributed by atoms with E-state index in [-0.39, 0.29) is 12.7 Å². The van der Waals surface area contributed by atoms with Crippen LogP contribution in [-0.2, 0) is 4.74 Å². The summed E-state index contributed by atoms with van der Waals surface area (Å²) in [6, 6.07) is 6.61. The van der Waals surface area contributed by atoms with Crippen LogP contribution in [0.5, 0.6) is 28.7 Å². The predicted octanol–water partition coefficient (Wildman–Crippen LogP) is 3.26. The topological polar surface area (TPSA) is 84.5 Å². The fourth-order valence-corrected chi connectivity index (χ4v) is 2.67. The maximum atomic E-state index is 12.8. The molecule has 0 aliphatic rings. The molecule has 0 fully saturated rings. The Morgan fingerprint density at radius 3 is 1.96 bits per heavy atom. The van der Waals surface area contributed by atoms with Crippen LogP contribution in [0.3, 0.4) is 0 Å². The average Bonchev–Trinajstić information content (AvgIpc) is 2.72. The molecular formula is C20H25NO7. The Balaban J connectivity index is 2.37. The van der Waals surface area contributed by atoms with Crippen LogP contribution in [0.2, 0.25) is 0 Å². The number of hydrogen-bond acceptors (Lipinski definition) is 7. The van der Waals surface area contributed by atoms with Gasteiger partial charge in [-0.3, -0.25) is 4.79 Å². The van der Waals surface area contributed by atoms with Gasteiger partial charge in [0.05, 0.1) is 28.4 Å². The van der Waals surface area contributed by atoms with Crippen molar-refractivity contribution in [3.05, 3.63) is 35.4 Å². The quantitative estimate of drug-likeness (QED) is 0.657. The molecule has 0 aromatic heterocycles. The third kappa shape index (κ3) is 4.40. The molecule has 2 aromatic carbocycles. The zero-order valence-corrected chi connectivity index (χ0v) is 16.9. The van der Waals surface area contributed by atoms with Crippen molar-refractivity contribution in [1.29, 1.82) is 0 Å². The van der Waals surface area contributed by atoms with Gasteiger partial charge < -0.3 is 33.7 Å². The minimum Gasteiger partial charge on any atom is -0.493 e. The van der Waals surface area contributed by atoms with Crippen LogP contribution in [0.25, 0.3) is 0 Å². The number of hydrogen-bond donors (Lipinski definition) is 1. The number of nitrogens with one attached hydrogen (secondary N) is 1. The first-order valence-electron chi connectivity index (χ1n) is 8.41. The molecule has 0 atom stereocenters. The van der Waals surface area contributed by atoms with Gasteiger partial charge >= 0.3 is 0 Å². The van der Waals surface area contributed by atoms with Crippen molar-refractivity contribution in [2.75, 3.05) is 47.7 Å². The molecule has 0 unspecified atom stereocenters. The maximum absolute atomic E-state index is 12.8. The molecule has 1 amide bonds. The minimum atomic E-state index is -0.342. The van der Waals surface area contributed by atoms with Crippen molar-refractivity contribution >= 4 is 11.6 Å². The normalized spacial score (nSPS) is 10.2. The number of anilines is 1. The SMILES string of the molecule is COCOc1c(OC)ccc(NC(=O)c2cc(OC)c(OC)c(OC)c2)c1C. The molecule has 0 saturated carbocycles. The third-order valence-corrected chi connectivity index (χ3v) is 4.09. The summed E-state index contributed by atoms with van der Waals surface area (Å²) in [5.41, 5.74) is 1.63. The van der Waals surface area contributed by atoms with Crippen LogP contribution < -0.4 is 29.0 Å². The molecule has 1 N–H and O–H groups in total. The van der Waals surface area contributed by atoms with Gasteiger partial charge in [0.1, 0.15) is 0 Å². The van der Waals surface area contributed by atoms with Gasteiger partial charge in [-0.2, -0.15) is 0 Å². The average molecular weight is 391 g/mol. The van der Waals surface area contributed by atoms with E-state index in [0.717, 1.165) is 0 Å². The van der Waals surface area contributed by atoms with Gasteiger partial charge in [0.15, 0.2) is 29.8 Å². The van der Waals surface area contributed by atoms with E-state index in [9.17, 15) is 4.79 Å². The highest BCUT2D eigenvalue weighted by Crippen LogP contribution is 2.39. The van der Waals surface area contributed by atoms with Gasteiger partial charge in [-0.1, -0.05) is 0 Å². The molecular weight excluding hydrogens is 366 g/mol. The van der Waals surface area contributed by atoms with Crippen molar-refractivity contribution in [3.63, 3.8) is 0 Å². The maximum Gasteiger partial charge on any atom is 0.255 e. The molecule has 2 aromatic rings. The highest BCUT2D eigenvalue weighted by molar-refractivity contribution is 6.05. The molecule has 0 saturated heterocycles. The predicted molar refractivity (Wildman–Crippen MR) is 104 cm³/mol. The van der Waals surface area contributed by atoms with Gasteiger partial charge in [0, 0.05) is 23.9 Å². The summed E-state index contributed by atoms with van der Waals surface area (Å²) in [6.07, 6.45) is 0. The van der Waals surface area contributed by atoms with E-state index in [0.29, 0.717) is 45.6 Å². The number of carbonyl (C=O) groups excluding carboxylic acids is 1. The van der Waals surface area contributed by atoms with E-state index in [2.05, 4.69) is 5.32 Å². The van der Waals surface area contributed by atoms with Crippen LogP contribution in [-0.4, -0.2) is 48.2 Å². The molecule has 0 aliphatic heterocycles. The Morgan fingerprint density at radius 1 is 0.857 bits per heavy atom. The Bertz CT molecular complexity index is 811. The second-order valence-electron chi connectivity index (χ2n) is 5.69. The van der Waals surface area contributed by atoms with Gasteiger partial charge in [-0.05, 0) is 31.2 Å². The van der Waals surface area contributed by atoms with Crippen molar-refractivity contribution in [2.45, 2.75) is 6.92 Å². The van der Waals surface area contributed by atoms with E-state index in [1.165, 1.54) is 28.4 Å². The Kier molecular flexibility index (Phi) is 7.34. The number of methoxy groups -OCH3 is 5. The fourth-order valence-electron chi connectivity index (χ4n) is 2.67. The highest BCUT2D eigenvalue weighted by atomic mass is 16.7. The van der Waals surface area contributed by atoms with Crippen LogP contribution in [0, 0.1) is 6.92 Å². The van der Waals surface area contributed by atoms with E-state index in [1.54, 1.807) is 31.4 Å². The molecule has 8 heteroatoms. The largest absolute Gasteiger partial charge is 0.493 e. The van der Waals surface area contributed by atoms with Gasteiger partial charge in [0.25, 0.3) is 5.91 Å². The van der Waals surface area contributed by atoms with Crippen LogP contribution in [0.1, 0.15) is 15.9 Å². The number of amides is 1. The summed E-state index contributed by atoms with van der Waals surface area (Å²) < 4.78 is 31.7. The summed E-state index contributed by atoms with van der Waals surface area (Å²) in [5.74, 6) is 1.89. The summed E-state index contributed by atoms with van der Waals surface area (Å²) >= 11 is 0. The van der Waals surface area contributed by atoms with E-state index < -0.39 is 0 Å². The first-order chi connectivity index (χ1) is 13.5. The summed E-state index contributed by atoms with van der Waals surface area (Å²) in [5, 5.41) is 2.87. The number of benzene rings is 2. The van der Waals surface area contributed by atoms with Crippen molar-refractivity contribution in [2.24, 2.45) is 0 Å². The van der Waals surface area contributed by atoms with Crippen LogP contribution in [0.15, 0.2) is 24.3 Å². The third-order valence-electron chi connectivity index (χ3n) is 4.09. The first kappa shape index (κ1) is 21.2. The molecule has 0 heterocycles. The Hall–Kier alpha value is -3.13. The molecule has 0 spiro atoms. The van der Waals surface area contributed by atoms with Crippen LogP contribution >= 0.6 is 0 Å². The Labute approximate surface area is 164 Å². The monoisotopic (exact) mass is 391 g/mol. The molecule has 2 rings (SSSR count). The van der Waals surface area contributed by atoms with Crippen molar-refractivity contribution in [1.82, 2.24) is 0 Å². The van der Waals surface area contributed by atoms with Gasteiger partial charge in [-0.25, -0.2) is 0 Å². The first-order valence-corrected chi connectivity index (χ1v) is 8.41. The molecule has 8 nitrogen and oxygen atoms in total. The second kappa shape index (κ2) is 9.70. The standard InChI is InChI=1S/C20H25NO7/c1-12-14(7-8-15(24-3)18(12)28-11-23-2)21-20(22)13-9-16(25-4)19(27-6)17(10-13)26-5/h7-10H,11H2,1-6H3,(H,21,22). The summed E-state index contributed by atoms with van der Waals surface area (Å²) in [6.45, 7) is 1.87. The fraction of sp³-hybridized carbons (Fsp3) is 0.350. The smallest absolute Gasteiger partial charge is 0.255 e. The van der Waals surface area contributed by atoms with Gasteiger partial charge in [-0.15, -0.1) is 0 Å². The lowest BCUT2D eigenvalue weighted by atomic mass is 10.1. The lowest BCUT2D eigenvalue weighted by Crippen LogP contribution is -2.14. The van der Waals surface area contributed by atoms with Gasteiger partial charge in [0.2, 0.25) is 5.75 Å². The summed E-state index contributed by atoms with van der Waals surface area (Å²) in [4.78, 5) is 12.8. The summed E-state index contributed by atoms with van der Waals surface area (Å²) in [7, 11) is 7.56. The van der Waals surface area contributed by atoms with E-state index >= 15 is 0 Å². The zero-order chi connectivity index (χ0) is 20.7. The van der Waals surface area contributed by atoms with E-state index in [4.69, 9.17) is 28.4 Å². The molecule has 28 heavy (non-hydrogen) atoms. The van der Waals surface area contributed by atoms with Crippen LogP contribution in [0.4, 0.5) is 5.69 Å². The second-order valence-corrected chi connectivity index (χ2v) is 5.69. The number of rotatable bonds is 9. The number of ether oxygens (including phenoxy) is 6. The highest BCUT2D eigenvalue weighted by Gasteiger charge is 2.19. The molecule has 0 radical (unpaired) electrons. The minimum absolute atomic E-state index is 0.0570. The van der Waals surface area contributed by atoms with Crippen molar-refractivity contribution < 1.29 is 33.2 Å². The van der Waals surface area contributed by atoms with Crippen molar-refractivity contribution in [3.8, 4) is 28.7 Å². The molecule has 0 aliphatic carbocycles. The number of carbonyl (C=O) groups is 1.